The second-order valence-electron chi connectivity index (χ2n) is 17.5. The summed E-state index contributed by atoms with van der Waals surface area (Å²) in [5, 5.41) is 6.54. The van der Waals surface area contributed by atoms with Gasteiger partial charge in [-0.2, -0.15) is 0 Å². The van der Waals surface area contributed by atoms with Crippen molar-refractivity contribution in [2.75, 3.05) is 33.4 Å². The fourth-order valence-corrected chi connectivity index (χ4v) is 9.30. The molecular weight excluding hydrogens is 839 g/mol. The van der Waals surface area contributed by atoms with E-state index in [4.69, 9.17) is 29.2 Å². The maximum absolute atomic E-state index is 14.3. The van der Waals surface area contributed by atoms with E-state index in [1.165, 1.54) is 7.11 Å². The normalized spacial score (nSPS) is 18.6. The number of fused-ring (bicyclic) bond motifs is 1. The van der Waals surface area contributed by atoms with Crippen LogP contribution in [-0.2, 0) is 23.8 Å². The molecule has 0 saturated carbocycles. The molecule has 6 aromatic rings. The number of methoxy groups -OCH3 is 1. The molecule has 342 valence electrons. The molecule has 4 N–H and O–H groups in total. The first kappa shape index (κ1) is 44.1. The fourth-order valence-electron chi connectivity index (χ4n) is 9.30. The van der Waals surface area contributed by atoms with E-state index >= 15 is 0 Å². The van der Waals surface area contributed by atoms with Crippen molar-refractivity contribution in [3.8, 4) is 33.6 Å². The number of amides is 4. The minimum Gasteiger partial charge on any atom is -0.453 e. The quantitative estimate of drug-likeness (QED) is 0.0934. The Hall–Kier alpha value is -7.07. The van der Waals surface area contributed by atoms with Gasteiger partial charge in [0.15, 0.2) is 0 Å². The van der Waals surface area contributed by atoms with E-state index in [0.29, 0.717) is 56.4 Å². The molecule has 66 heavy (non-hydrogen) atoms. The molecule has 3 aliphatic rings. The van der Waals surface area contributed by atoms with Gasteiger partial charge in [-0.25, -0.2) is 19.6 Å². The van der Waals surface area contributed by atoms with Crippen LogP contribution in [-0.4, -0.2) is 104 Å². The molecule has 16 nitrogen and oxygen atoms in total. The van der Waals surface area contributed by atoms with Crippen molar-refractivity contribution in [3.63, 3.8) is 0 Å². The van der Waals surface area contributed by atoms with Gasteiger partial charge in [-0.15, -0.1) is 0 Å². The fraction of sp³-hybridized carbons (Fsp3) is 0.380. The van der Waals surface area contributed by atoms with Crippen molar-refractivity contribution in [2.45, 2.75) is 82.6 Å². The number of benzene rings is 3. The Labute approximate surface area is 382 Å². The lowest BCUT2D eigenvalue weighted by Gasteiger charge is -2.30. The van der Waals surface area contributed by atoms with Crippen LogP contribution in [0.1, 0.15) is 87.7 Å². The van der Waals surface area contributed by atoms with Crippen molar-refractivity contribution >= 4 is 34.9 Å². The Kier molecular flexibility index (Phi) is 13.1. The van der Waals surface area contributed by atoms with Crippen molar-refractivity contribution in [1.82, 2.24) is 45.4 Å². The van der Waals surface area contributed by atoms with Crippen LogP contribution in [0.5, 0.6) is 0 Å². The van der Waals surface area contributed by atoms with Crippen LogP contribution >= 0.6 is 0 Å². The molecule has 0 spiro atoms. The van der Waals surface area contributed by atoms with E-state index < -0.39 is 24.3 Å². The van der Waals surface area contributed by atoms with E-state index in [-0.39, 0.29) is 35.9 Å². The van der Waals surface area contributed by atoms with E-state index in [1.807, 2.05) is 55.3 Å². The van der Waals surface area contributed by atoms with Crippen LogP contribution in [0.2, 0.25) is 0 Å². The number of imidazole rings is 2. The van der Waals surface area contributed by atoms with Crippen molar-refractivity contribution in [2.24, 2.45) is 5.92 Å². The van der Waals surface area contributed by atoms with Gasteiger partial charge >= 0.3 is 12.2 Å². The molecule has 0 bridgehead atoms. The van der Waals surface area contributed by atoms with Gasteiger partial charge in [0.25, 0.3) is 5.91 Å². The minimum atomic E-state index is -0.908. The molecule has 0 aliphatic carbocycles. The molecule has 3 saturated heterocycles. The Morgan fingerprint density at radius 2 is 1.30 bits per heavy atom. The van der Waals surface area contributed by atoms with Crippen molar-refractivity contribution in [3.05, 3.63) is 115 Å². The topological polar surface area (TPSA) is 197 Å². The number of nitrogens with zero attached hydrogens (tertiary/aromatic N) is 5. The number of carbonyl (C=O) groups excluding carboxylic acids is 4. The van der Waals surface area contributed by atoms with Gasteiger partial charge in [-0.3, -0.25) is 14.6 Å². The molecule has 3 aromatic heterocycles. The molecule has 0 radical (unpaired) electrons. The molecule has 4 amide bonds. The first-order valence-corrected chi connectivity index (χ1v) is 22.8. The third-order valence-electron chi connectivity index (χ3n) is 12.9. The zero-order chi connectivity index (χ0) is 45.7. The van der Waals surface area contributed by atoms with Crippen LogP contribution in [0, 0.1) is 5.92 Å². The average Bonchev–Trinajstić information content (AvgIpc) is 4.20. The number of nitrogens with one attached hydrogen (secondary N) is 4. The van der Waals surface area contributed by atoms with Crippen LogP contribution < -0.4 is 10.6 Å². The first-order valence-electron chi connectivity index (χ1n) is 22.8. The second-order valence-corrected chi connectivity index (χ2v) is 17.5. The maximum Gasteiger partial charge on any atom is 0.408 e. The van der Waals surface area contributed by atoms with Gasteiger partial charge < -0.3 is 44.6 Å². The van der Waals surface area contributed by atoms with Crippen LogP contribution in [0.4, 0.5) is 9.59 Å². The lowest BCUT2D eigenvalue weighted by Crippen LogP contribution is -2.51. The zero-order valence-electron chi connectivity index (χ0n) is 37.4. The highest BCUT2D eigenvalue weighted by Gasteiger charge is 2.39. The summed E-state index contributed by atoms with van der Waals surface area (Å²) < 4.78 is 15.9. The number of ether oxygens (including phenoxy) is 3. The lowest BCUT2D eigenvalue weighted by molar-refractivity contribution is -0.136. The number of alkyl carbamates (subject to hydrolysis) is 2. The third-order valence-corrected chi connectivity index (χ3v) is 12.9. The molecule has 4 atom stereocenters. The summed E-state index contributed by atoms with van der Waals surface area (Å²) in [5.74, 6) is 0.917. The smallest absolute Gasteiger partial charge is 0.408 e. The zero-order valence-corrected chi connectivity index (χ0v) is 37.4. The highest BCUT2D eigenvalue weighted by molar-refractivity contribution is 5.89. The molecule has 3 fully saturated rings. The van der Waals surface area contributed by atoms with Crippen LogP contribution in [0.25, 0.3) is 44.5 Å². The second kappa shape index (κ2) is 19.6. The summed E-state index contributed by atoms with van der Waals surface area (Å²) in [7, 11) is 1.29. The number of likely N-dealkylation sites (tertiary alicyclic amines) is 2. The van der Waals surface area contributed by atoms with Gasteiger partial charge in [-0.05, 0) is 66.0 Å². The molecule has 4 unspecified atom stereocenters. The monoisotopic (exact) mass is 893 g/mol. The average molecular weight is 894 g/mol. The number of hydrogen-bond acceptors (Lipinski definition) is 10. The predicted octanol–water partition coefficient (Wildman–Crippen LogP) is 8.04. The predicted molar refractivity (Wildman–Crippen MR) is 247 cm³/mol. The van der Waals surface area contributed by atoms with E-state index in [0.717, 1.165) is 70.2 Å². The largest absolute Gasteiger partial charge is 0.453 e. The molecule has 6 heterocycles. The molecule has 9 rings (SSSR count). The Balaban J connectivity index is 0.858. The highest BCUT2D eigenvalue weighted by Crippen LogP contribution is 2.36. The van der Waals surface area contributed by atoms with Gasteiger partial charge in [0, 0.05) is 43.1 Å². The Bertz CT molecular complexity index is 2680. The number of rotatable bonds is 12. The summed E-state index contributed by atoms with van der Waals surface area (Å²) in [4.78, 5) is 77.8. The Morgan fingerprint density at radius 3 is 1.95 bits per heavy atom. The summed E-state index contributed by atoms with van der Waals surface area (Å²) in [6, 6.07) is 23.7. The summed E-state index contributed by atoms with van der Waals surface area (Å²) in [5.41, 5.74) is 7.06. The number of hydrogen-bond donors (Lipinski definition) is 4. The van der Waals surface area contributed by atoms with E-state index in [2.05, 4.69) is 69.1 Å². The maximum atomic E-state index is 14.3. The number of aromatic nitrogens is 5. The lowest BCUT2D eigenvalue weighted by atomic mass is 10.0. The summed E-state index contributed by atoms with van der Waals surface area (Å²) in [6.45, 7) is 6.00. The third kappa shape index (κ3) is 9.50. The first-order chi connectivity index (χ1) is 32.1. The summed E-state index contributed by atoms with van der Waals surface area (Å²) >= 11 is 0. The molecule has 3 aromatic carbocycles. The van der Waals surface area contributed by atoms with Crippen molar-refractivity contribution in [1.29, 1.82) is 0 Å². The molecular formula is C50H55N9O7. The highest BCUT2D eigenvalue weighted by atomic mass is 16.6. The SMILES string of the molecule is COC(=O)NC(C(=O)N1CCCC1c1ncc(-c2cnc3cc(-c4ccc(-c5cnc(C6CCCN6C(=O)C(NC(=O)OC6CCOCC6)c6ccccc6)[nH]5)cc4)ccc3c2)[nH]1)C(C)C. The number of aromatic amines is 2. The van der Waals surface area contributed by atoms with Gasteiger partial charge in [0.1, 0.15) is 29.8 Å². The standard InChI is InChI=1S/C50H55N9O7/c1-30(2)43(56-49(62)64-3)47(60)58-21-7-11-41(58)46-53-29-40(55-46)36-25-35-18-17-34(26-38(35)51-27-36)31-13-15-32(16-14-31)39-28-52-45(54-39)42-12-8-22-59(42)48(61)44(33-9-5-4-6-10-33)57-50(63)66-37-19-23-65-24-20-37/h4-6,9-10,13-18,25-30,37,41-44H,7-8,11-12,19-24H2,1-3H3,(H,52,54)(H,53,55)(H,56,62)(H,57,63). The van der Waals surface area contributed by atoms with E-state index in [9.17, 15) is 19.2 Å². The minimum absolute atomic E-state index is 0.118. The van der Waals surface area contributed by atoms with Crippen LogP contribution in [0.3, 0.4) is 0 Å². The van der Waals surface area contributed by atoms with Gasteiger partial charge in [0.2, 0.25) is 5.91 Å². The van der Waals surface area contributed by atoms with E-state index in [1.54, 1.807) is 17.3 Å². The van der Waals surface area contributed by atoms with Crippen molar-refractivity contribution < 1.29 is 33.4 Å². The number of H-pyrrole nitrogens is 2. The number of pyridine rings is 1. The molecule has 3 aliphatic heterocycles. The number of carbonyl (C=O) groups is 4. The molecule has 16 heteroatoms. The van der Waals surface area contributed by atoms with Gasteiger partial charge in [-0.1, -0.05) is 80.6 Å². The summed E-state index contributed by atoms with van der Waals surface area (Å²) in [6.07, 6.45) is 8.32. The van der Waals surface area contributed by atoms with Crippen LogP contribution in [0.15, 0.2) is 97.5 Å². The van der Waals surface area contributed by atoms with Gasteiger partial charge in [0.05, 0.1) is 61.7 Å². The Morgan fingerprint density at radius 1 is 0.682 bits per heavy atom.